The molecule has 0 spiro atoms. The summed E-state index contributed by atoms with van der Waals surface area (Å²) in [5.41, 5.74) is 11.2. The molecule has 0 aliphatic carbocycles. The summed E-state index contributed by atoms with van der Waals surface area (Å²) in [7, 11) is 0. The third-order valence-corrected chi connectivity index (χ3v) is 12.0. The molecule has 8 aromatic carbocycles. The molecule has 0 bridgehead atoms. The lowest BCUT2D eigenvalue weighted by Crippen LogP contribution is -1.95. The summed E-state index contributed by atoms with van der Waals surface area (Å²) in [6.07, 6.45) is 0. The highest BCUT2D eigenvalue weighted by atomic mass is 32.1. The van der Waals surface area contributed by atoms with Crippen LogP contribution in [0.2, 0.25) is 0 Å². The third-order valence-electron chi connectivity index (χ3n) is 10.9. The summed E-state index contributed by atoms with van der Waals surface area (Å²) in [5.74, 6) is 0. The number of hydrogen-bond acceptors (Lipinski definition) is 2. The fraction of sp³-hybridized carbons (Fsp3) is 0. The second kappa shape index (κ2) is 10.5. The van der Waals surface area contributed by atoms with Gasteiger partial charge in [0.1, 0.15) is 11.2 Å². The normalized spacial score (nSPS) is 12.2. The average Bonchev–Trinajstić information content (AvgIpc) is 3.94. The van der Waals surface area contributed by atoms with E-state index in [1.54, 1.807) is 0 Å². The molecule has 0 saturated heterocycles. The van der Waals surface area contributed by atoms with Crippen molar-refractivity contribution < 1.29 is 4.42 Å². The summed E-state index contributed by atoms with van der Waals surface area (Å²) in [5, 5.41) is 9.89. The first-order valence-corrected chi connectivity index (χ1v) is 18.5. The SMILES string of the molecule is c1ccc(-n2c3ccccc3c3cc4c5ccccc5n(-c5ccc6oc7cccc(-c8ccc9c(c8)sc8ccccc89)c7c6c5)c4cc32)cc1. The molecule has 0 aliphatic rings. The van der Waals surface area contributed by atoms with Gasteiger partial charge in [0.05, 0.1) is 22.1 Å². The fourth-order valence-electron chi connectivity index (χ4n) is 8.65. The van der Waals surface area contributed by atoms with E-state index in [0.29, 0.717) is 0 Å². The smallest absolute Gasteiger partial charge is 0.136 e. The summed E-state index contributed by atoms with van der Waals surface area (Å²) >= 11 is 1.86. The molecule has 52 heavy (non-hydrogen) atoms. The van der Waals surface area contributed by atoms with Gasteiger partial charge in [-0.3, -0.25) is 0 Å². The molecule has 0 radical (unpaired) electrons. The Bertz CT molecular complexity index is 3410. The van der Waals surface area contributed by atoms with Crippen LogP contribution in [0.1, 0.15) is 0 Å². The predicted octanol–water partition coefficient (Wildman–Crippen LogP) is 13.8. The molecular formula is C48H28N2OS. The van der Waals surface area contributed by atoms with Gasteiger partial charge in [0.25, 0.3) is 0 Å². The minimum absolute atomic E-state index is 0.890. The van der Waals surface area contributed by atoms with E-state index in [9.17, 15) is 0 Å². The van der Waals surface area contributed by atoms with Crippen molar-refractivity contribution in [3.8, 4) is 22.5 Å². The van der Waals surface area contributed by atoms with Gasteiger partial charge >= 0.3 is 0 Å². The Labute approximate surface area is 301 Å². The van der Waals surface area contributed by atoms with Gasteiger partial charge in [0.15, 0.2) is 0 Å². The van der Waals surface area contributed by atoms with Crippen LogP contribution in [-0.2, 0) is 0 Å². The maximum absolute atomic E-state index is 6.54. The number of hydrogen-bond donors (Lipinski definition) is 0. The molecule has 12 rings (SSSR count). The molecule has 4 aromatic heterocycles. The Balaban J connectivity index is 1.13. The van der Waals surface area contributed by atoms with Crippen LogP contribution in [0, 0.1) is 0 Å². The molecular weight excluding hydrogens is 653 g/mol. The van der Waals surface area contributed by atoms with Crippen LogP contribution in [0.15, 0.2) is 174 Å². The van der Waals surface area contributed by atoms with Crippen LogP contribution >= 0.6 is 11.3 Å². The molecule has 12 aromatic rings. The van der Waals surface area contributed by atoms with Gasteiger partial charge in [-0.2, -0.15) is 0 Å². The van der Waals surface area contributed by atoms with Crippen LogP contribution in [0.3, 0.4) is 0 Å². The number of nitrogens with zero attached hydrogens (tertiary/aromatic N) is 2. The van der Waals surface area contributed by atoms with E-state index in [4.69, 9.17) is 4.42 Å². The Morgan fingerprint density at radius 3 is 1.83 bits per heavy atom. The minimum atomic E-state index is 0.890. The highest BCUT2D eigenvalue weighted by molar-refractivity contribution is 7.25. The number of para-hydroxylation sites is 3. The maximum Gasteiger partial charge on any atom is 0.136 e. The second-order valence-corrected chi connectivity index (χ2v) is 14.8. The fourth-order valence-corrected chi connectivity index (χ4v) is 9.80. The van der Waals surface area contributed by atoms with Crippen molar-refractivity contribution in [3.05, 3.63) is 170 Å². The molecule has 4 heterocycles. The lowest BCUT2D eigenvalue weighted by atomic mass is 9.98. The first-order valence-electron chi connectivity index (χ1n) is 17.7. The molecule has 242 valence electrons. The second-order valence-electron chi connectivity index (χ2n) is 13.7. The first kappa shape index (κ1) is 28.1. The van der Waals surface area contributed by atoms with Crippen molar-refractivity contribution in [1.29, 1.82) is 0 Å². The maximum atomic E-state index is 6.54. The monoisotopic (exact) mass is 680 g/mol. The topological polar surface area (TPSA) is 23.0 Å². The van der Waals surface area contributed by atoms with E-state index in [-0.39, 0.29) is 0 Å². The standard InChI is InChI=1S/C48H28N2OS/c1-2-11-30(12-3-1)49-40-17-7-4-13-33(40)37-27-38-34-14-5-8-18-41(34)50(43(38)28-42(37)49)31-22-24-44-39(26-31)48-32(16-10-19-45(48)51-44)29-21-23-36-35-15-6-9-20-46(35)52-47(36)25-29/h1-28H. The van der Waals surface area contributed by atoms with Crippen molar-refractivity contribution in [3.63, 3.8) is 0 Å². The molecule has 0 aliphatic heterocycles. The van der Waals surface area contributed by atoms with Crippen LogP contribution in [0.4, 0.5) is 0 Å². The van der Waals surface area contributed by atoms with Crippen LogP contribution in [-0.4, -0.2) is 9.13 Å². The molecule has 0 fully saturated rings. The highest BCUT2D eigenvalue weighted by Gasteiger charge is 2.20. The Morgan fingerprint density at radius 2 is 1.04 bits per heavy atom. The van der Waals surface area contributed by atoms with Crippen LogP contribution in [0.25, 0.3) is 108 Å². The molecule has 0 N–H and O–H groups in total. The van der Waals surface area contributed by atoms with E-state index in [0.717, 1.165) is 33.3 Å². The Hall–Kier alpha value is -6.62. The van der Waals surface area contributed by atoms with Crippen LogP contribution in [0.5, 0.6) is 0 Å². The van der Waals surface area contributed by atoms with Gasteiger partial charge in [-0.1, -0.05) is 97.1 Å². The molecule has 3 nitrogen and oxygen atoms in total. The van der Waals surface area contributed by atoms with Gasteiger partial charge in [0.2, 0.25) is 0 Å². The van der Waals surface area contributed by atoms with Crippen molar-refractivity contribution in [2.45, 2.75) is 0 Å². The first-order chi connectivity index (χ1) is 25.8. The lowest BCUT2D eigenvalue weighted by Gasteiger charge is -2.10. The number of benzene rings is 8. The predicted molar refractivity (Wildman–Crippen MR) is 221 cm³/mol. The molecule has 0 unspecified atom stereocenters. The zero-order valence-electron chi connectivity index (χ0n) is 27.9. The number of furan rings is 1. The Morgan fingerprint density at radius 1 is 0.365 bits per heavy atom. The average molecular weight is 681 g/mol. The van der Waals surface area contributed by atoms with Crippen LogP contribution < -0.4 is 0 Å². The highest BCUT2D eigenvalue weighted by Crippen LogP contribution is 2.43. The van der Waals surface area contributed by atoms with E-state index in [1.807, 2.05) is 11.3 Å². The van der Waals surface area contributed by atoms with Gasteiger partial charge in [-0.25, -0.2) is 0 Å². The van der Waals surface area contributed by atoms with E-state index >= 15 is 0 Å². The summed E-state index contributed by atoms with van der Waals surface area (Å²) in [4.78, 5) is 0. The minimum Gasteiger partial charge on any atom is -0.456 e. The van der Waals surface area contributed by atoms with Crippen molar-refractivity contribution >= 4 is 97.1 Å². The van der Waals surface area contributed by atoms with Crippen molar-refractivity contribution in [1.82, 2.24) is 9.13 Å². The quantitative estimate of drug-likeness (QED) is 0.182. The Kier molecular flexibility index (Phi) is 5.65. The third kappa shape index (κ3) is 3.84. The van der Waals surface area contributed by atoms with Crippen molar-refractivity contribution in [2.75, 3.05) is 0 Å². The zero-order chi connectivity index (χ0) is 33.9. The molecule has 0 atom stereocenters. The van der Waals surface area contributed by atoms with E-state index in [2.05, 4.69) is 179 Å². The summed E-state index contributed by atoms with van der Waals surface area (Å²) < 4.78 is 14.0. The van der Waals surface area contributed by atoms with Gasteiger partial charge in [-0.15, -0.1) is 11.3 Å². The summed E-state index contributed by atoms with van der Waals surface area (Å²) in [6, 6.07) is 61.7. The van der Waals surface area contributed by atoms with Gasteiger partial charge < -0.3 is 13.6 Å². The number of thiophene rings is 1. The van der Waals surface area contributed by atoms with E-state index < -0.39 is 0 Å². The largest absolute Gasteiger partial charge is 0.456 e. The van der Waals surface area contributed by atoms with Gasteiger partial charge in [0, 0.05) is 63.9 Å². The molecule has 0 saturated carbocycles. The summed E-state index contributed by atoms with van der Waals surface area (Å²) in [6.45, 7) is 0. The van der Waals surface area contributed by atoms with Gasteiger partial charge in [-0.05, 0) is 83.9 Å². The zero-order valence-corrected chi connectivity index (χ0v) is 28.7. The van der Waals surface area contributed by atoms with E-state index in [1.165, 1.54) is 74.9 Å². The number of fused-ring (bicyclic) bond motifs is 12. The lowest BCUT2D eigenvalue weighted by molar-refractivity contribution is 0.669. The van der Waals surface area contributed by atoms with Crippen molar-refractivity contribution in [2.24, 2.45) is 0 Å². The number of aromatic nitrogens is 2. The molecule has 0 amide bonds. The number of rotatable bonds is 3. The molecule has 4 heteroatoms.